The van der Waals surface area contributed by atoms with Crippen molar-refractivity contribution in [2.75, 3.05) is 0 Å². The minimum Gasteiger partial charge on any atom is -0.424 e. The highest BCUT2D eigenvalue weighted by atomic mass is 79.9. The molecule has 184 valence electrons. The molecular weight excluding hydrogens is 793 g/mol. The van der Waals surface area contributed by atoms with Gasteiger partial charge in [0.05, 0.1) is 0 Å². The second-order valence-corrected chi connectivity index (χ2v) is 10.2. The molecule has 3 aromatic heterocycles. The molecule has 0 unspecified atom stereocenters. The molecule has 0 fully saturated rings. The van der Waals surface area contributed by atoms with Crippen LogP contribution in [0.4, 0.5) is 0 Å². The normalized spacial score (nSPS) is 10.2. The third-order valence-corrected chi connectivity index (χ3v) is 5.72. The van der Waals surface area contributed by atoms with E-state index >= 15 is 0 Å². The topological polar surface area (TPSA) is 112 Å². The van der Waals surface area contributed by atoms with Crippen LogP contribution in [0.25, 0.3) is 0 Å². The van der Waals surface area contributed by atoms with Gasteiger partial charge in [0.1, 0.15) is 5.75 Å². The van der Waals surface area contributed by atoms with E-state index in [2.05, 4.69) is 129 Å². The quantitative estimate of drug-likeness (QED) is 0.216. The van der Waals surface area contributed by atoms with Gasteiger partial charge in [-0.3, -0.25) is 5.10 Å². The van der Waals surface area contributed by atoms with E-state index in [1.54, 1.807) is 16.8 Å². The maximum absolute atomic E-state index is 5.89. The van der Waals surface area contributed by atoms with Crippen molar-refractivity contribution in [1.82, 2.24) is 44.7 Å². The number of benzene rings is 1. The first kappa shape index (κ1) is 29.4. The van der Waals surface area contributed by atoms with Crippen molar-refractivity contribution in [3.8, 4) is 11.8 Å². The van der Waals surface area contributed by atoms with Gasteiger partial charge in [-0.2, -0.15) is 15.0 Å². The van der Waals surface area contributed by atoms with E-state index in [0.29, 0.717) is 35.7 Å². The van der Waals surface area contributed by atoms with Gasteiger partial charge in [0.25, 0.3) is 0 Å². The molecule has 0 atom stereocenters. The number of aryl methyl sites for hydroxylation is 2. The Hall–Kier alpha value is -0.870. The monoisotopic (exact) mass is 807 g/mol. The summed E-state index contributed by atoms with van der Waals surface area (Å²) in [6.07, 6.45) is 2.02. The zero-order valence-corrected chi connectivity index (χ0v) is 26.6. The van der Waals surface area contributed by atoms with Gasteiger partial charge in [0.15, 0.2) is 9.47 Å². The number of ether oxygens (including phenoxy) is 1. The average molecular weight is 812 g/mol. The first-order chi connectivity index (χ1) is 16.2. The fourth-order valence-corrected chi connectivity index (χ4v) is 4.55. The van der Waals surface area contributed by atoms with Crippen LogP contribution in [0.2, 0.25) is 5.02 Å². The molecule has 1 N–H and O–H groups in total. The number of hydrogen-bond acceptors (Lipinski definition) is 7. The molecule has 0 aliphatic carbocycles. The summed E-state index contributed by atoms with van der Waals surface area (Å²) in [5.41, 5.74) is 0. The minimum absolute atomic E-state index is 0.459. The van der Waals surface area contributed by atoms with Crippen molar-refractivity contribution >= 4 is 91.3 Å². The van der Waals surface area contributed by atoms with Crippen LogP contribution < -0.4 is 4.74 Å². The zero-order chi connectivity index (χ0) is 25.1. The van der Waals surface area contributed by atoms with Crippen LogP contribution in [-0.4, -0.2) is 44.7 Å². The first-order valence-corrected chi connectivity index (χ1v) is 14.1. The Kier molecular flexibility index (Phi) is 13.2. The van der Waals surface area contributed by atoms with Gasteiger partial charge in [-0.1, -0.05) is 31.5 Å². The van der Waals surface area contributed by atoms with Gasteiger partial charge in [-0.05, 0) is 111 Å². The molecule has 16 heteroatoms. The number of halogens is 6. The summed E-state index contributed by atoms with van der Waals surface area (Å²) >= 11 is 21.7. The van der Waals surface area contributed by atoms with Gasteiger partial charge in [0.2, 0.25) is 14.2 Å². The summed E-state index contributed by atoms with van der Waals surface area (Å²) in [5.74, 6) is 0.648. The van der Waals surface area contributed by atoms with E-state index in [1.165, 1.54) is 0 Å². The summed E-state index contributed by atoms with van der Waals surface area (Å²) in [5, 5.41) is 15.1. The van der Waals surface area contributed by atoms with E-state index in [4.69, 9.17) is 16.3 Å². The molecular formula is C18H19Br5ClN9O. The molecule has 0 spiro atoms. The van der Waals surface area contributed by atoms with E-state index in [-0.39, 0.29) is 0 Å². The van der Waals surface area contributed by atoms with Crippen LogP contribution in [0.3, 0.4) is 0 Å². The molecule has 0 saturated heterocycles. The molecule has 0 radical (unpaired) electrons. The number of nitrogens with zero attached hydrogens (tertiary/aromatic N) is 8. The van der Waals surface area contributed by atoms with E-state index < -0.39 is 0 Å². The lowest BCUT2D eigenvalue weighted by Crippen LogP contribution is -2.02. The van der Waals surface area contributed by atoms with Crippen LogP contribution in [0, 0.1) is 0 Å². The van der Waals surface area contributed by atoms with E-state index in [9.17, 15) is 0 Å². The average Bonchev–Trinajstić information content (AvgIpc) is 3.42. The van der Waals surface area contributed by atoms with Gasteiger partial charge < -0.3 is 4.74 Å². The van der Waals surface area contributed by atoms with Gasteiger partial charge in [0, 0.05) is 18.1 Å². The van der Waals surface area contributed by atoms with Crippen LogP contribution in [0.1, 0.15) is 26.7 Å². The number of nitrogens with one attached hydrogen (secondary N) is 1. The van der Waals surface area contributed by atoms with Crippen molar-refractivity contribution in [3.05, 3.63) is 53.0 Å². The molecule has 4 rings (SSSR count). The fourth-order valence-electron chi connectivity index (χ4n) is 2.24. The molecule has 0 amide bonds. The summed E-state index contributed by atoms with van der Waals surface area (Å²) in [6, 6.07) is 7.64. The maximum atomic E-state index is 5.89. The van der Waals surface area contributed by atoms with Crippen molar-refractivity contribution in [2.45, 2.75) is 39.8 Å². The molecule has 1 aromatic carbocycles. The second kappa shape index (κ2) is 15.3. The Balaban J connectivity index is 0.000000202. The summed E-state index contributed by atoms with van der Waals surface area (Å²) in [4.78, 5) is 12.0. The van der Waals surface area contributed by atoms with Crippen molar-refractivity contribution < 1.29 is 4.74 Å². The fraction of sp³-hybridized carbons (Fsp3) is 0.333. The molecule has 3 heterocycles. The molecule has 0 aliphatic rings. The third-order valence-electron chi connectivity index (χ3n) is 3.52. The van der Waals surface area contributed by atoms with Crippen LogP contribution in [0.5, 0.6) is 11.8 Å². The Morgan fingerprint density at radius 1 is 0.882 bits per heavy atom. The summed E-state index contributed by atoms with van der Waals surface area (Å²) in [7, 11) is 0. The Bertz CT molecular complexity index is 1150. The predicted octanol–water partition coefficient (Wildman–Crippen LogP) is 7.44. The molecule has 0 bridgehead atoms. The largest absolute Gasteiger partial charge is 0.424 e. The summed E-state index contributed by atoms with van der Waals surface area (Å²) in [6.45, 7) is 5.83. The minimum atomic E-state index is 0.459. The molecule has 0 aliphatic heterocycles. The lowest BCUT2D eigenvalue weighted by molar-refractivity contribution is 0.395. The third kappa shape index (κ3) is 10.4. The Morgan fingerprint density at radius 2 is 1.53 bits per heavy atom. The standard InChI is InChI=1S/C11H11BrClN3O.C5H7Br2N3.C2HBr2N3/c1-2-6-16-11(14-10(12)15-16)17-9-5-3-4-8(13)7-9;1-2-3-10-5(7)8-4(6)9-10;3-1-5-2(4)7-6-1/h3-5,7H,2,6H2,1H3;2-3H2,1H3;(H,5,6,7). The van der Waals surface area contributed by atoms with Crippen LogP contribution in [-0.2, 0) is 13.1 Å². The number of rotatable bonds is 6. The Morgan fingerprint density at radius 3 is 2.03 bits per heavy atom. The molecule has 34 heavy (non-hydrogen) atoms. The lowest BCUT2D eigenvalue weighted by Gasteiger charge is -2.05. The second-order valence-electron chi connectivity index (χ2n) is 6.21. The van der Waals surface area contributed by atoms with Crippen molar-refractivity contribution in [1.29, 1.82) is 0 Å². The smallest absolute Gasteiger partial charge is 0.321 e. The molecule has 4 aromatic rings. The highest BCUT2D eigenvalue weighted by Crippen LogP contribution is 2.24. The molecule has 10 nitrogen and oxygen atoms in total. The highest BCUT2D eigenvalue weighted by molar-refractivity contribution is 9.11. The van der Waals surface area contributed by atoms with Crippen molar-refractivity contribution in [3.63, 3.8) is 0 Å². The van der Waals surface area contributed by atoms with Crippen LogP contribution in [0.15, 0.2) is 47.9 Å². The number of hydrogen-bond donors (Lipinski definition) is 1. The molecule has 0 saturated carbocycles. The van der Waals surface area contributed by atoms with Gasteiger partial charge in [-0.25, -0.2) is 9.36 Å². The van der Waals surface area contributed by atoms with Crippen molar-refractivity contribution in [2.24, 2.45) is 0 Å². The van der Waals surface area contributed by atoms with Gasteiger partial charge >= 0.3 is 6.01 Å². The van der Waals surface area contributed by atoms with Crippen LogP contribution >= 0.6 is 91.3 Å². The highest BCUT2D eigenvalue weighted by Gasteiger charge is 2.10. The number of aromatic amines is 1. The van der Waals surface area contributed by atoms with Gasteiger partial charge in [-0.15, -0.1) is 15.3 Å². The SMILES string of the molecule is Brc1n[nH]c(Br)n1.CCCn1nc(Br)nc1Br.CCCn1nc(Br)nc1Oc1cccc(Cl)c1. The maximum Gasteiger partial charge on any atom is 0.321 e. The van der Waals surface area contributed by atoms with E-state index in [1.807, 2.05) is 16.8 Å². The number of aromatic nitrogens is 9. The van der Waals surface area contributed by atoms with E-state index in [0.717, 1.165) is 30.7 Å². The lowest BCUT2D eigenvalue weighted by atomic mass is 10.3. The predicted molar refractivity (Wildman–Crippen MR) is 147 cm³/mol. The zero-order valence-electron chi connectivity index (χ0n) is 17.9. The first-order valence-electron chi connectivity index (χ1n) is 9.74. The number of H-pyrrole nitrogens is 1. The summed E-state index contributed by atoms with van der Waals surface area (Å²) < 4.78 is 12.3. The Labute approximate surface area is 243 Å².